The van der Waals surface area contributed by atoms with E-state index in [-0.39, 0.29) is 0 Å². The molecule has 2 aromatic heterocycles. The first-order chi connectivity index (χ1) is 6.29. The lowest BCUT2D eigenvalue weighted by molar-refractivity contribution is 0.182. The fourth-order valence-corrected chi connectivity index (χ4v) is 1.45. The molecule has 0 spiro atoms. The van der Waals surface area contributed by atoms with Crippen molar-refractivity contribution >= 4 is 21.7 Å². The number of ether oxygens (including phenoxy) is 1. The summed E-state index contributed by atoms with van der Waals surface area (Å²) < 4.78 is 7.76. The van der Waals surface area contributed by atoms with Gasteiger partial charge in [0, 0.05) is 25.7 Å². The lowest BCUT2D eigenvalue weighted by Crippen LogP contribution is -1.86. The van der Waals surface area contributed by atoms with Crippen molar-refractivity contribution in [3.8, 4) is 0 Å². The second-order valence-corrected chi connectivity index (χ2v) is 3.56. The molecule has 0 radical (unpaired) electrons. The van der Waals surface area contributed by atoms with E-state index >= 15 is 0 Å². The van der Waals surface area contributed by atoms with Crippen LogP contribution in [-0.2, 0) is 11.3 Å². The number of hydrogen-bond acceptors (Lipinski definition) is 3. The standard InChI is InChI=1S/C8H8BrN3O/c1-13-5-7-4-12-3-6(9)2-10-8(12)11-7/h2-4H,5H2,1H3. The van der Waals surface area contributed by atoms with Gasteiger partial charge in [-0.3, -0.25) is 4.40 Å². The zero-order chi connectivity index (χ0) is 9.26. The van der Waals surface area contributed by atoms with Crippen LogP contribution in [0.3, 0.4) is 0 Å². The van der Waals surface area contributed by atoms with E-state index in [2.05, 4.69) is 25.9 Å². The number of nitrogens with zero attached hydrogens (tertiary/aromatic N) is 3. The smallest absolute Gasteiger partial charge is 0.234 e. The molecule has 0 unspecified atom stereocenters. The molecule has 0 saturated carbocycles. The molecule has 4 nitrogen and oxygen atoms in total. The number of hydrogen-bond donors (Lipinski definition) is 0. The molecule has 13 heavy (non-hydrogen) atoms. The third-order valence-electron chi connectivity index (χ3n) is 1.62. The highest BCUT2D eigenvalue weighted by Gasteiger charge is 2.01. The molecule has 0 bridgehead atoms. The van der Waals surface area contributed by atoms with Crippen LogP contribution in [-0.4, -0.2) is 21.5 Å². The Morgan fingerprint density at radius 1 is 1.54 bits per heavy atom. The highest BCUT2D eigenvalue weighted by atomic mass is 79.9. The van der Waals surface area contributed by atoms with Crippen molar-refractivity contribution in [1.29, 1.82) is 0 Å². The van der Waals surface area contributed by atoms with Gasteiger partial charge < -0.3 is 4.74 Å². The molecule has 0 aliphatic rings. The molecule has 2 heterocycles. The van der Waals surface area contributed by atoms with E-state index < -0.39 is 0 Å². The van der Waals surface area contributed by atoms with Crippen molar-refractivity contribution in [1.82, 2.24) is 14.4 Å². The first-order valence-corrected chi connectivity index (χ1v) is 4.57. The third-order valence-corrected chi connectivity index (χ3v) is 2.03. The number of fused-ring (bicyclic) bond motifs is 1. The Labute approximate surface area is 83.7 Å². The van der Waals surface area contributed by atoms with Gasteiger partial charge in [-0.05, 0) is 15.9 Å². The first-order valence-electron chi connectivity index (χ1n) is 3.77. The lowest BCUT2D eigenvalue weighted by atomic mass is 10.5. The van der Waals surface area contributed by atoms with Crippen molar-refractivity contribution < 1.29 is 4.74 Å². The van der Waals surface area contributed by atoms with Gasteiger partial charge in [-0.2, -0.15) is 0 Å². The summed E-state index contributed by atoms with van der Waals surface area (Å²) in [5.41, 5.74) is 0.883. The average molecular weight is 242 g/mol. The number of imidazole rings is 1. The zero-order valence-corrected chi connectivity index (χ0v) is 8.65. The van der Waals surface area contributed by atoms with Crippen LogP contribution in [0.25, 0.3) is 5.78 Å². The molecule has 0 fully saturated rings. The monoisotopic (exact) mass is 241 g/mol. The van der Waals surface area contributed by atoms with E-state index in [0.29, 0.717) is 12.4 Å². The van der Waals surface area contributed by atoms with Crippen molar-refractivity contribution in [2.45, 2.75) is 6.61 Å². The van der Waals surface area contributed by atoms with Crippen LogP contribution in [0.1, 0.15) is 5.69 Å². The van der Waals surface area contributed by atoms with Crippen LogP contribution in [0.5, 0.6) is 0 Å². The van der Waals surface area contributed by atoms with E-state index in [9.17, 15) is 0 Å². The summed E-state index contributed by atoms with van der Waals surface area (Å²) in [6.07, 6.45) is 5.53. The van der Waals surface area contributed by atoms with E-state index in [1.807, 2.05) is 16.8 Å². The van der Waals surface area contributed by atoms with Crippen molar-refractivity contribution in [2.24, 2.45) is 0 Å². The van der Waals surface area contributed by atoms with Gasteiger partial charge in [0.05, 0.1) is 16.8 Å². The fourth-order valence-electron chi connectivity index (χ4n) is 1.13. The molecule has 2 aromatic rings. The summed E-state index contributed by atoms with van der Waals surface area (Å²) >= 11 is 3.34. The maximum atomic E-state index is 4.97. The minimum absolute atomic E-state index is 0.515. The van der Waals surface area contributed by atoms with Gasteiger partial charge in [0.25, 0.3) is 0 Å². The molecular formula is C8H8BrN3O. The fraction of sp³-hybridized carbons (Fsp3) is 0.250. The van der Waals surface area contributed by atoms with E-state index in [1.165, 1.54) is 0 Å². The number of methoxy groups -OCH3 is 1. The molecule has 0 aromatic carbocycles. The topological polar surface area (TPSA) is 39.4 Å². The molecule has 0 aliphatic carbocycles. The highest BCUT2D eigenvalue weighted by molar-refractivity contribution is 9.10. The predicted octanol–water partition coefficient (Wildman–Crippen LogP) is 1.64. The SMILES string of the molecule is COCc1cn2cc(Br)cnc2n1. The van der Waals surface area contributed by atoms with Crippen molar-refractivity contribution in [3.05, 3.63) is 28.8 Å². The molecular weight excluding hydrogens is 234 g/mol. The molecule has 5 heteroatoms. The van der Waals surface area contributed by atoms with E-state index in [0.717, 1.165) is 10.2 Å². The average Bonchev–Trinajstić information content (AvgIpc) is 2.46. The second-order valence-electron chi connectivity index (χ2n) is 2.64. The molecule has 0 saturated heterocycles. The van der Waals surface area contributed by atoms with Crippen LogP contribution in [0, 0.1) is 0 Å². The van der Waals surface area contributed by atoms with Gasteiger partial charge in [-0.1, -0.05) is 0 Å². The Morgan fingerprint density at radius 3 is 3.15 bits per heavy atom. The Bertz CT molecular complexity index is 426. The van der Waals surface area contributed by atoms with E-state index in [4.69, 9.17) is 4.74 Å². The zero-order valence-electron chi connectivity index (χ0n) is 7.07. The molecule has 2 rings (SSSR count). The minimum Gasteiger partial charge on any atom is -0.378 e. The summed E-state index contributed by atoms with van der Waals surface area (Å²) in [4.78, 5) is 8.38. The van der Waals surface area contributed by atoms with Gasteiger partial charge in [-0.15, -0.1) is 0 Å². The molecule has 0 N–H and O–H groups in total. The Balaban J connectivity index is 2.49. The largest absolute Gasteiger partial charge is 0.378 e. The quantitative estimate of drug-likeness (QED) is 0.803. The summed E-state index contributed by atoms with van der Waals surface area (Å²) in [5.74, 6) is 0.690. The van der Waals surface area contributed by atoms with Crippen LogP contribution in [0.15, 0.2) is 23.1 Å². The van der Waals surface area contributed by atoms with E-state index in [1.54, 1.807) is 13.3 Å². The lowest BCUT2D eigenvalue weighted by Gasteiger charge is -1.90. The van der Waals surface area contributed by atoms with Crippen molar-refractivity contribution in [3.63, 3.8) is 0 Å². The van der Waals surface area contributed by atoms with Crippen LogP contribution >= 0.6 is 15.9 Å². The summed E-state index contributed by atoms with van der Waals surface area (Å²) in [5, 5.41) is 0. The maximum absolute atomic E-state index is 4.97. The molecule has 0 aliphatic heterocycles. The highest BCUT2D eigenvalue weighted by Crippen LogP contribution is 2.09. The summed E-state index contributed by atoms with van der Waals surface area (Å²) in [6.45, 7) is 0.515. The minimum atomic E-state index is 0.515. The van der Waals surface area contributed by atoms with Gasteiger partial charge >= 0.3 is 0 Å². The molecule has 0 atom stereocenters. The number of rotatable bonds is 2. The van der Waals surface area contributed by atoms with Crippen LogP contribution in [0.4, 0.5) is 0 Å². The van der Waals surface area contributed by atoms with Gasteiger partial charge in [0.1, 0.15) is 0 Å². The van der Waals surface area contributed by atoms with Crippen LogP contribution < -0.4 is 0 Å². The summed E-state index contributed by atoms with van der Waals surface area (Å²) in [7, 11) is 1.65. The predicted molar refractivity (Wildman–Crippen MR) is 51.4 cm³/mol. The number of halogens is 1. The first kappa shape index (κ1) is 8.65. The van der Waals surface area contributed by atoms with Gasteiger partial charge in [-0.25, -0.2) is 9.97 Å². The van der Waals surface area contributed by atoms with Crippen molar-refractivity contribution in [2.75, 3.05) is 7.11 Å². The molecule has 68 valence electrons. The second kappa shape index (κ2) is 3.43. The normalized spacial score (nSPS) is 10.9. The number of aromatic nitrogens is 3. The summed E-state index contributed by atoms with van der Waals surface area (Å²) in [6, 6.07) is 0. The molecule has 0 amide bonds. The maximum Gasteiger partial charge on any atom is 0.234 e. The Morgan fingerprint density at radius 2 is 2.38 bits per heavy atom. The van der Waals surface area contributed by atoms with Gasteiger partial charge in [0.2, 0.25) is 5.78 Å². The van der Waals surface area contributed by atoms with Gasteiger partial charge in [0.15, 0.2) is 0 Å². The Hall–Kier alpha value is -0.940. The Kier molecular flexibility index (Phi) is 2.28. The third kappa shape index (κ3) is 1.71. The van der Waals surface area contributed by atoms with Crippen LogP contribution in [0.2, 0.25) is 0 Å².